The summed E-state index contributed by atoms with van der Waals surface area (Å²) in [7, 11) is 2.94. The molecule has 0 atom stereocenters. The van der Waals surface area contributed by atoms with Gasteiger partial charge in [-0.2, -0.15) is 0 Å². The van der Waals surface area contributed by atoms with Crippen LogP contribution in [0.4, 0.5) is 4.39 Å². The number of nitrogens with one attached hydrogen (secondary N) is 1. The average Bonchev–Trinajstić information content (AvgIpc) is 2.18. The van der Waals surface area contributed by atoms with E-state index in [1.54, 1.807) is 13.1 Å². The molecule has 0 aliphatic carbocycles. The van der Waals surface area contributed by atoms with E-state index in [1.165, 1.54) is 19.2 Å². The molecule has 0 radical (unpaired) electrons. The van der Waals surface area contributed by atoms with E-state index >= 15 is 0 Å². The van der Waals surface area contributed by atoms with E-state index in [9.17, 15) is 9.18 Å². The first-order valence-corrected chi connectivity index (χ1v) is 4.20. The standard InChI is InChI=1S/C10H12FNO2/c1-12-10(13)6-7-3-4-9(14-2)8(11)5-7/h3-5H,6H2,1-2H3,(H,12,13). The van der Waals surface area contributed by atoms with Crippen molar-refractivity contribution in [1.82, 2.24) is 5.32 Å². The minimum absolute atomic E-state index is 0.144. The van der Waals surface area contributed by atoms with Crippen LogP contribution in [0.2, 0.25) is 0 Å². The number of halogens is 1. The number of benzene rings is 1. The Morgan fingerprint density at radius 2 is 2.29 bits per heavy atom. The van der Waals surface area contributed by atoms with Crippen LogP contribution in [0.5, 0.6) is 5.75 Å². The van der Waals surface area contributed by atoms with Gasteiger partial charge in [-0.3, -0.25) is 4.79 Å². The SMILES string of the molecule is CNC(=O)Cc1ccc(OC)c(F)c1. The molecule has 0 aliphatic rings. The van der Waals surface area contributed by atoms with Gasteiger partial charge in [0.15, 0.2) is 11.6 Å². The van der Waals surface area contributed by atoms with Crippen molar-refractivity contribution in [2.75, 3.05) is 14.2 Å². The second-order valence-corrected chi connectivity index (χ2v) is 2.82. The number of hydrogen-bond donors (Lipinski definition) is 1. The van der Waals surface area contributed by atoms with Crippen molar-refractivity contribution >= 4 is 5.91 Å². The summed E-state index contributed by atoms with van der Waals surface area (Å²) in [6.07, 6.45) is 0.178. The van der Waals surface area contributed by atoms with Crippen LogP contribution in [-0.2, 0) is 11.2 Å². The van der Waals surface area contributed by atoms with Crippen LogP contribution < -0.4 is 10.1 Å². The maximum atomic E-state index is 13.1. The molecule has 0 bridgehead atoms. The highest BCUT2D eigenvalue weighted by Gasteiger charge is 2.05. The topological polar surface area (TPSA) is 38.3 Å². The Kier molecular flexibility index (Phi) is 3.45. The fourth-order valence-electron chi connectivity index (χ4n) is 1.09. The van der Waals surface area contributed by atoms with Crippen LogP contribution in [0.25, 0.3) is 0 Å². The predicted molar refractivity (Wildman–Crippen MR) is 50.7 cm³/mol. The van der Waals surface area contributed by atoms with E-state index in [2.05, 4.69) is 5.32 Å². The normalized spacial score (nSPS) is 9.64. The summed E-state index contributed by atoms with van der Waals surface area (Å²) in [5, 5.41) is 2.47. The van der Waals surface area contributed by atoms with Crippen LogP contribution in [0.3, 0.4) is 0 Å². The third-order valence-electron chi connectivity index (χ3n) is 1.86. The van der Waals surface area contributed by atoms with Crippen LogP contribution in [0, 0.1) is 5.82 Å². The molecule has 3 nitrogen and oxygen atoms in total. The molecular weight excluding hydrogens is 185 g/mol. The number of methoxy groups -OCH3 is 1. The Bertz CT molecular complexity index is 339. The summed E-state index contributed by atoms with van der Waals surface area (Å²) in [5.74, 6) is -0.408. The van der Waals surface area contributed by atoms with Crippen LogP contribution in [-0.4, -0.2) is 20.1 Å². The molecule has 1 aromatic carbocycles. The largest absolute Gasteiger partial charge is 0.494 e. The fraction of sp³-hybridized carbons (Fsp3) is 0.300. The summed E-state index contributed by atoms with van der Waals surface area (Å²) in [5.41, 5.74) is 0.627. The Hall–Kier alpha value is -1.58. The predicted octanol–water partition coefficient (Wildman–Crippen LogP) is 1.12. The van der Waals surface area contributed by atoms with E-state index in [0.29, 0.717) is 5.56 Å². The first kappa shape index (κ1) is 10.5. The van der Waals surface area contributed by atoms with Gasteiger partial charge < -0.3 is 10.1 Å². The quantitative estimate of drug-likeness (QED) is 0.788. The minimum Gasteiger partial charge on any atom is -0.494 e. The number of ether oxygens (including phenoxy) is 1. The van der Waals surface area contributed by atoms with Gasteiger partial charge in [-0.15, -0.1) is 0 Å². The van der Waals surface area contributed by atoms with Gasteiger partial charge in [-0.05, 0) is 17.7 Å². The van der Waals surface area contributed by atoms with E-state index < -0.39 is 5.82 Å². The van der Waals surface area contributed by atoms with Gasteiger partial charge in [0.25, 0.3) is 0 Å². The minimum atomic E-state index is -0.450. The number of carbonyl (C=O) groups excluding carboxylic acids is 1. The van der Waals surface area contributed by atoms with Crippen molar-refractivity contribution in [1.29, 1.82) is 0 Å². The third-order valence-corrected chi connectivity index (χ3v) is 1.86. The maximum absolute atomic E-state index is 13.1. The summed E-state index contributed by atoms with van der Waals surface area (Å²) in [6, 6.07) is 4.47. The zero-order chi connectivity index (χ0) is 10.6. The van der Waals surface area contributed by atoms with Crippen molar-refractivity contribution in [3.63, 3.8) is 0 Å². The van der Waals surface area contributed by atoms with E-state index in [-0.39, 0.29) is 18.1 Å². The first-order chi connectivity index (χ1) is 6.67. The summed E-state index contributed by atoms with van der Waals surface area (Å²) < 4.78 is 17.9. The Morgan fingerprint density at radius 3 is 2.79 bits per heavy atom. The molecule has 1 amide bonds. The molecule has 76 valence electrons. The molecular formula is C10H12FNO2. The van der Waals surface area contributed by atoms with Crippen LogP contribution in [0.1, 0.15) is 5.56 Å². The molecule has 0 unspecified atom stereocenters. The molecule has 1 N–H and O–H groups in total. The van der Waals surface area contributed by atoms with Gasteiger partial charge in [0.1, 0.15) is 0 Å². The van der Waals surface area contributed by atoms with Gasteiger partial charge >= 0.3 is 0 Å². The lowest BCUT2D eigenvalue weighted by Gasteiger charge is -2.04. The van der Waals surface area contributed by atoms with Gasteiger partial charge in [0.05, 0.1) is 13.5 Å². The number of carbonyl (C=O) groups is 1. The van der Waals surface area contributed by atoms with Gasteiger partial charge in [-0.1, -0.05) is 6.07 Å². The smallest absolute Gasteiger partial charge is 0.224 e. The molecule has 0 spiro atoms. The first-order valence-electron chi connectivity index (χ1n) is 4.20. The summed E-state index contributed by atoms with van der Waals surface area (Å²) in [4.78, 5) is 11.0. The van der Waals surface area contributed by atoms with Crippen LogP contribution >= 0.6 is 0 Å². The highest BCUT2D eigenvalue weighted by atomic mass is 19.1. The lowest BCUT2D eigenvalue weighted by Crippen LogP contribution is -2.19. The lowest BCUT2D eigenvalue weighted by molar-refractivity contribution is -0.119. The van der Waals surface area contributed by atoms with Crippen molar-refractivity contribution in [2.45, 2.75) is 6.42 Å². The number of amides is 1. The van der Waals surface area contributed by atoms with E-state index in [1.807, 2.05) is 0 Å². The monoisotopic (exact) mass is 197 g/mol. The van der Waals surface area contributed by atoms with Gasteiger partial charge in [0.2, 0.25) is 5.91 Å². The second kappa shape index (κ2) is 4.60. The maximum Gasteiger partial charge on any atom is 0.224 e. The molecule has 0 aliphatic heterocycles. The summed E-state index contributed by atoms with van der Waals surface area (Å²) >= 11 is 0. The Balaban J connectivity index is 2.81. The van der Waals surface area contributed by atoms with Crippen molar-refractivity contribution in [2.24, 2.45) is 0 Å². The van der Waals surface area contributed by atoms with E-state index in [4.69, 9.17) is 4.74 Å². The molecule has 0 saturated heterocycles. The number of likely N-dealkylation sites (N-methyl/N-ethyl adjacent to an activating group) is 1. The Labute approximate surface area is 81.9 Å². The van der Waals surface area contributed by atoms with Crippen molar-refractivity contribution in [3.05, 3.63) is 29.6 Å². The summed E-state index contributed by atoms with van der Waals surface area (Å²) in [6.45, 7) is 0. The molecule has 4 heteroatoms. The molecule has 0 saturated carbocycles. The molecule has 14 heavy (non-hydrogen) atoms. The van der Waals surface area contributed by atoms with Crippen molar-refractivity contribution in [3.8, 4) is 5.75 Å². The van der Waals surface area contributed by atoms with Gasteiger partial charge in [0, 0.05) is 7.05 Å². The molecule has 0 aromatic heterocycles. The number of rotatable bonds is 3. The zero-order valence-corrected chi connectivity index (χ0v) is 8.13. The lowest BCUT2D eigenvalue weighted by atomic mass is 10.1. The van der Waals surface area contributed by atoms with Crippen molar-refractivity contribution < 1.29 is 13.9 Å². The van der Waals surface area contributed by atoms with Gasteiger partial charge in [-0.25, -0.2) is 4.39 Å². The second-order valence-electron chi connectivity index (χ2n) is 2.82. The van der Waals surface area contributed by atoms with E-state index in [0.717, 1.165) is 0 Å². The number of hydrogen-bond acceptors (Lipinski definition) is 2. The van der Waals surface area contributed by atoms with Crippen LogP contribution in [0.15, 0.2) is 18.2 Å². The zero-order valence-electron chi connectivity index (χ0n) is 8.13. The molecule has 1 rings (SSSR count). The average molecular weight is 197 g/mol. The highest BCUT2D eigenvalue weighted by molar-refractivity contribution is 5.78. The third kappa shape index (κ3) is 2.45. The Morgan fingerprint density at radius 1 is 1.57 bits per heavy atom. The molecule has 0 fully saturated rings. The highest BCUT2D eigenvalue weighted by Crippen LogP contribution is 2.17. The molecule has 0 heterocycles. The fourth-order valence-corrected chi connectivity index (χ4v) is 1.09. The molecule has 1 aromatic rings.